The van der Waals surface area contributed by atoms with E-state index in [1.54, 1.807) is 48.5 Å². The topological polar surface area (TPSA) is 111 Å². The molecular formula is C18H33NO7. The van der Waals surface area contributed by atoms with Crippen LogP contribution in [0, 0.1) is 0 Å². The van der Waals surface area contributed by atoms with E-state index in [1.807, 2.05) is 5.48 Å². The Hall–Kier alpha value is -1.67. The fourth-order valence-corrected chi connectivity index (χ4v) is 2.17. The summed E-state index contributed by atoms with van der Waals surface area (Å²) in [7, 11) is 0. The number of carbonyl (C=O) groups is 3. The molecule has 0 saturated heterocycles. The molecule has 0 rings (SSSR count). The molecular weight excluding hydrogens is 342 g/mol. The maximum atomic E-state index is 12.3. The second kappa shape index (κ2) is 9.87. The van der Waals surface area contributed by atoms with Gasteiger partial charge in [0.25, 0.3) is 0 Å². The maximum absolute atomic E-state index is 12.3. The van der Waals surface area contributed by atoms with Gasteiger partial charge >= 0.3 is 17.9 Å². The summed E-state index contributed by atoms with van der Waals surface area (Å²) in [4.78, 5) is 36.2. The van der Waals surface area contributed by atoms with Crippen LogP contribution in [0.5, 0.6) is 0 Å². The molecule has 0 unspecified atom stereocenters. The molecule has 8 heteroatoms. The van der Waals surface area contributed by atoms with Crippen molar-refractivity contribution in [1.82, 2.24) is 5.48 Å². The zero-order valence-corrected chi connectivity index (χ0v) is 16.9. The van der Waals surface area contributed by atoms with Crippen LogP contribution in [-0.4, -0.2) is 46.5 Å². The van der Waals surface area contributed by atoms with Gasteiger partial charge in [-0.05, 0) is 61.3 Å². The number of carbonyl (C=O) groups excluding carboxylic acids is 3. The third kappa shape index (κ3) is 9.72. The Morgan fingerprint density at radius 2 is 1.23 bits per heavy atom. The van der Waals surface area contributed by atoms with Crippen LogP contribution < -0.4 is 5.48 Å². The molecule has 0 amide bonds. The smallest absolute Gasteiger partial charge is 0.328 e. The highest BCUT2D eigenvalue weighted by atomic mass is 16.6. The molecule has 0 aromatic heterocycles. The van der Waals surface area contributed by atoms with Crippen LogP contribution in [0.1, 0.15) is 74.1 Å². The molecule has 2 N–H and O–H groups in total. The average molecular weight is 375 g/mol. The van der Waals surface area contributed by atoms with Crippen LogP contribution in [0.3, 0.4) is 0 Å². The van der Waals surface area contributed by atoms with Crippen LogP contribution in [0.15, 0.2) is 0 Å². The van der Waals surface area contributed by atoms with Crippen molar-refractivity contribution < 1.29 is 33.8 Å². The Kier molecular flexibility index (Phi) is 9.24. The summed E-state index contributed by atoms with van der Waals surface area (Å²) in [6.45, 7) is 12.1. The Morgan fingerprint density at radius 3 is 1.50 bits per heavy atom. The van der Waals surface area contributed by atoms with E-state index in [0.717, 1.165) is 0 Å². The van der Waals surface area contributed by atoms with Crippen LogP contribution in [0.25, 0.3) is 0 Å². The number of hydrogen-bond donors (Lipinski definition) is 2. The summed E-state index contributed by atoms with van der Waals surface area (Å²) >= 11 is 0. The molecule has 0 radical (unpaired) electrons. The van der Waals surface area contributed by atoms with Gasteiger partial charge in [-0.2, -0.15) is 5.48 Å². The van der Waals surface area contributed by atoms with Crippen molar-refractivity contribution in [3.63, 3.8) is 0 Å². The van der Waals surface area contributed by atoms with Gasteiger partial charge in [0, 0.05) is 12.8 Å². The van der Waals surface area contributed by atoms with E-state index >= 15 is 0 Å². The fourth-order valence-electron chi connectivity index (χ4n) is 2.17. The molecule has 0 heterocycles. The summed E-state index contributed by atoms with van der Waals surface area (Å²) in [5.41, 5.74) is -0.967. The molecule has 0 spiro atoms. The molecule has 26 heavy (non-hydrogen) atoms. The second-order valence-electron chi connectivity index (χ2n) is 8.09. The molecule has 0 fully saturated rings. The standard InChI is InChI=1S/C18H33NO7/c1-8-24-15(22)18(19-23,11-9-13(20)25-16(2,3)4)12-10-14(21)26-17(5,6)7/h19,23H,8-12H2,1-7H3. The van der Waals surface area contributed by atoms with Crippen molar-refractivity contribution in [2.45, 2.75) is 90.9 Å². The van der Waals surface area contributed by atoms with E-state index in [0.29, 0.717) is 0 Å². The van der Waals surface area contributed by atoms with E-state index in [9.17, 15) is 19.6 Å². The maximum Gasteiger partial charge on any atom is 0.328 e. The van der Waals surface area contributed by atoms with E-state index in [-0.39, 0.29) is 32.3 Å². The van der Waals surface area contributed by atoms with Crippen molar-refractivity contribution in [2.24, 2.45) is 0 Å². The average Bonchev–Trinajstić information content (AvgIpc) is 2.44. The van der Waals surface area contributed by atoms with Crippen LogP contribution in [0.4, 0.5) is 0 Å². The highest BCUT2D eigenvalue weighted by Gasteiger charge is 2.41. The third-order valence-corrected chi connectivity index (χ3v) is 3.23. The Balaban J connectivity index is 5.09. The van der Waals surface area contributed by atoms with Crippen molar-refractivity contribution >= 4 is 17.9 Å². The van der Waals surface area contributed by atoms with Gasteiger partial charge in [-0.3, -0.25) is 9.59 Å². The predicted octanol–water partition coefficient (Wildman–Crippen LogP) is 2.51. The number of hydroxylamine groups is 1. The van der Waals surface area contributed by atoms with E-state index in [1.165, 1.54) is 0 Å². The van der Waals surface area contributed by atoms with Gasteiger partial charge in [-0.1, -0.05) is 0 Å². The van der Waals surface area contributed by atoms with Crippen molar-refractivity contribution in [3.8, 4) is 0 Å². The summed E-state index contributed by atoms with van der Waals surface area (Å²) in [6.07, 6.45) is -0.421. The predicted molar refractivity (Wildman–Crippen MR) is 94.4 cm³/mol. The van der Waals surface area contributed by atoms with Crippen LogP contribution in [0.2, 0.25) is 0 Å². The molecule has 0 aliphatic carbocycles. The first kappa shape index (κ1) is 24.3. The lowest BCUT2D eigenvalue weighted by Gasteiger charge is -2.30. The Bertz CT molecular complexity index is 457. The molecule has 0 aliphatic rings. The number of esters is 3. The first-order valence-electron chi connectivity index (χ1n) is 8.77. The quantitative estimate of drug-likeness (QED) is 0.359. The summed E-state index contributed by atoms with van der Waals surface area (Å²) in [5.74, 6) is -1.77. The van der Waals surface area contributed by atoms with Crippen molar-refractivity contribution in [1.29, 1.82) is 0 Å². The Labute approximate surface area is 155 Å². The van der Waals surface area contributed by atoms with Gasteiger partial charge in [-0.15, -0.1) is 0 Å². The lowest BCUT2D eigenvalue weighted by atomic mass is 9.89. The van der Waals surface area contributed by atoms with E-state index in [4.69, 9.17) is 14.2 Å². The minimum absolute atomic E-state index is 0.0833. The monoisotopic (exact) mass is 375 g/mol. The van der Waals surface area contributed by atoms with E-state index in [2.05, 4.69) is 0 Å². The number of hydrogen-bond acceptors (Lipinski definition) is 8. The minimum atomic E-state index is -1.59. The Morgan fingerprint density at radius 1 is 0.846 bits per heavy atom. The number of rotatable bonds is 9. The molecule has 0 saturated carbocycles. The molecule has 0 aromatic rings. The molecule has 0 atom stereocenters. The summed E-state index contributed by atoms with van der Waals surface area (Å²) < 4.78 is 15.4. The largest absolute Gasteiger partial charge is 0.465 e. The highest BCUT2D eigenvalue weighted by Crippen LogP contribution is 2.24. The van der Waals surface area contributed by atoms with E-state index < -0.39 is 34.6 Å². The van der Waals surface area contributed by atoms with Crippen LogP contribution in [-0.2, 0) is 28.6 Å². The molecule has 0 aromatic carbocycles. The molecule has 152 valence electrons. The van der Waals surface area contributed by atoms with Gasteiger partial charge in [-0.25, -0.2) is 4.79 Å². The zero-order chi connectivity index (χ0) is 20.6. The first-order valence-corrected chi connectivity index (χ1v) is 8.77. The fraction of sp³-hybridized carbons (Fsp3) is 0.833. The highest BCUT2D eigenvalue weighted by molar-refractivity contribution is 5.83. The lowest BCUT2D eigenvalue weighted by Crippen LogP contribution is -2.52. The normalized spacial score (nSPS) is 12.5. The van der Waals surface area contributed by atoms with Gasteiger partial charge in [0.2, 0.25) is 0 Å². The summed E-state index contributed by atoms with van der Waals surface area (Å²) in [6, 6.07) is 0. The molecule has 0 bridgehead atoms. The van der Waals surface area contributed by atoms with Crippen molar-refractivity contribution in [2.75, 3.05) is 6.61 Å². The molecule has 8 nitrogen and oxygen atoms in total. The SMILES string of the molecule is CCOC(=O)C(CCC(=O)OC(C)(C)C)(CCC(=O)OC(C)(C)C)NO. The summed E-state index contributed by atoms with van der Waals surface area (Å²) in [5, 5.41) is 9.61. The zero-order valence-electron chi connectivity index (χ0n) is 16.9. The van der Waals surface area contributed by atoms with Gasteiger partial charge in [0.1, 0.15) is 16.7 Å². The second-order valence-corrected chi connectivity index (χ2v) is 8.09. The van der Waals surface area contributed by atoms with Gasteiger partial charge in [0.15, 0.2) is 0 Å². The number of ether oxygens (including phenoxy) is 3. The third-order valence-electron chi connectivity index (χ3n) is 3.23. The van der Waals surface area contributed by atoms with Gasteiger partial charge < -0.3 is 19.4 Å². The van der Waals surface area contributed by atoms with Gasteiger partial charge in [0.05, 0.1) is 6.61 Å². The first-order chi connectivity index (χ1) is 11.7. The van der Waals surface area contributed by atoms with Crippen LogP contribution >= 0.6 is 0 Å². The minimum Gasteiger partial charge on any atom is -0.465 e. The lowest BCUT2D eigenvalue weighted by molar-refractivity contribution is -0.162. The number of nitrogens with one attached hydrogen (secondary N) is 1. The molecule has 0 aliphatic heterocycles. The van der Waals surface area contributed by atoms with Crippen molar-refractivity contribution in [3.05, 3.63) is 0 Å².